The zero-order valence-electron chi connectivity index (χ0n) is 33.2. The Kier molecular flexibility index (Phi) is 8.61. The lowest BCUT2D eigenvalue weighted by atomic mass is 9.97. The standard InChI is InChI=1S/C52H28N10/c1-30-58-31(2)60-52(59-30)51-49(61-45-9-5-3-7-41(45)43-17-13-35(23-47(43)61)39-15-11-32(25-53)19-37(39)28-56)21-34(27-55)22-50(51)62-46-10-6-4-8-42(46)44-18-14-36(24-48(44)62)40-16-12-33(26-54)20-38(40)29-57/h3-24H,1-2H3. The Morgan fingerprint density at radius 2 is 0.839 bits per heavy atom. The van der Waals surface area contributed by atoms with Crippen molar-refractivity contribution in [3.63, 3.8) is 0 Å². The summed E-state index contributed by atoms with van der Waals surface area (Å²) in [6.07, 6.45) is 0. The molecule has 0 aliphatic carbocycles. The minimum absolute atomic E-state index is 0.380. The van der Waals surface area contributed by atoms with Crippen LogP contribution in [0.3, 0.4) is 0 Å². The van der Waals surface area contributed by atoms with Gasteiger partial charge in [-0.3, -0.25) is 0 Å². The summed E-state index contributed by atoms with van der Waals surface area (Å²) >= 11 is 0. The second-order valence-corrected chi connectivity index (χ2v) is 14.9. The minimum atomic E-state index is 0.380. The highest BCUT2D eigenvalue weighted by atomic mass is 15.1. The van der Waals surface area contributed by atoms with Gasteiger partial charge in [-0.25, -0.2) is 15.0 Å². The number of aryl methyl sites for hydroxylation is 2. The molecule has 0 spiro atoms. The van der Waals surface area contributed by atoms with Crippen molar-refractivity contribution in [2.45, 2.75) is 13.8 Å². The number of para-hydroxylation sites is 2. The summed E-state index contributed by atoms with van der Waals surface area (Å²) in [4.78, 5) is 14.5. The third-order valence-electron chi connectivity index (χ3n) is 11.3. The minimum Gasteiger partial charge on any atom is -0.308 e. The Balaban J connectivity index is 1.36. The van der Waals surface area contributed by atoms with Crippen LogP contribution in [0.1, 0.15) is 39.5 Å². The van der Waals surface area contributed by atoms with Gasteiger partial charge >= 0.3 is 0 Å². The van der Waals surface area contributed by atoms with Crippen molar-refractivity contribution in [2.75, 3.05) is 0 Å². The Bertz CT molecular complexity index is 3560. The second kappa shape index (κ2) is 14.5. The third kappa shape index (κ3) is 5.79. The molecule has 10 nitrogen and oxygen atoms in total. The molecule has 0 atom stereocenters. The van der Waals surface area contributed by atoms with E-state index in [1.807, 2.05) is 98.8 Å². The predicted octanol–water partition coefficient (Wildman–Crippen LogP) is 11.0. The lowest BCUT2D eigenvalue weighted by molar-refractivity contribution is 0.924. The Labute approximate surface area is 354 Å². The maximum atomic E-state index is 10.9. The van der Waals surface area contributed by atoms with Crippen molar-refractivity contribution in [3.8, 4) is 75.4 Å². The lowest BCUT2D eigenvalue weighted by Gasteiger charge is -2.20. The maximum absolute atomic E-state index is 10.9. The predicted molar refractivity (Wildman–Crippen MR) is 238 cm³/mol. The molecule has 0 saturated heterocycles. The third-order valence-corrected chi connectivity index (χ3v) is 11.3. The first-order valence-corrected chi connectivity index (χ1v) is 19.6. The molecule has 3 heterocycles. The highest BCUT2D eigenvalue weighted by Crippen LogP contribution is 2.43. The fourth-order valence-electron chi connectivity index (χ4n) is 8.70. The van der Waals surface area contributed by atoms with E-state index in [1.54, 1.807) is 36.4 Å². The van der Waals surface area contributed by atoms with Crippen LogP contribution in [0.25, 0.3) is 88.6 Å². The summed E-state index contributed by atoms with van der Waals surface area (Å²) in [6, 6.07) is 53.5. The van der Waals surface area contributed by atoms with Gasteiger partial charge in [-0.15, -0.1) is 0 Å². The van der Waals surface area contributed by atoms with E-state index in [0.717, 1.165) is 54.7 Å². The molecule has 0 amide bonds. The van der Waals surface area contributed by atoms with E-state index in [2.05, 4.69) is 56.6 Å². The molecule has 286 valence electrons. The number of nitriles is 5. The molecule has 62 heavy (non-hydrogen) atoms. The number of nitrogens with zero attached hydrogens (tertiary/aromatic N) is 10. The number of fused-ring (bicyclic) bond motifs is 6. The first-order valence-electron chi connectivity index (χ1n) is 19.6. The zero-order chi connectivity index (χ0) is 42.6. The highest BCUT2D eigenvalue weighted by Gasteiger charge is 2.26. The van der Waals surface area contributed by atoms with Crippen LogP contribution in [-0.2, 0) is 0 Å². The average molecular weight is 793 g/mol. The molecule has 0 aliphatic rings. The Morgan fingerprint density at radius 3 is 1.27 bits per heavy atom. The number of hydrogen-bond acceptors (Lipinski definition) is 8. The van der Waals surface area contributed by atoms with Gasteiger partial charge in [0.05, 0.1) is 97.2 Å². The van der Waals surface area contributed by atoms with Crippen LogP contribution in [0.2, 0.25) is 0 Å². The van der Waals surface area contributed by atoms with Gasteiger partial charge in [0.25, 0.3) is 0 Å². The quantitative estimate of drug-likeness (QED) is 0.166. The molecule has 10 heteroatoms. The van der Waals surface area contributed by atoms with E-state index < -0.39 is 0 Å². The number of rotatable bonds is 5. The van der Waals surface area contributed by atoms with Gasteiger partial charge in [-0.05, 0) is 96.8 Å². The maximum Gasteiger partial charge on any atom is 0.167 e. The fourth-order valence-corrected chi connectivity index (χ4v) is 8.70. The van der Waals surface area contributed by atoms with E-state index in [-0.39, 0.29) is 0 Å². The molecule has 10 aromatic rings. The first kappa shape index (κ1) is 36.9. The summed E-state index contributed by atoms with van der Waals surface area (Å²) in [6.45, 7) is 3.66. The highest BCUT2D eigenvalue weighted by molar-refractivity contribution is 6.13. The summed E-state index contributed by atoms with van der Waals surface area (Å²) < 4.78 is 4.26. The molecular formula is C52H28N10. The summed E-state index contributed by atoms with van der Waals surface area (Å²) in [7, 11) is 0. The van der Waals surface area contributed by atoms with Crippen molar-refractivity contribution < 1.29 is 0 Å². The van der Waals surface area contributed by atoms with Crippen molar-refractivity contribution in [2.24, 2.45) is 0 Å². The van der Waals surface area contributed by atoms with Crippen molar-refractivity contribution in [1.82, 2.24) is 24.1 Å². The smallest absolute Gasteiger partial charge is 0.167 e. The van der Waals surface area contributed by atoms with Gasteiger partial charge in [-0.2, -0.15) is 26.3 Å². The largest absolute Gasteiger partial charge is 0.308 e. The summed E-state index contributed by atoms with van der Waals surface area (Å²) in [5.41, 5.74) is 10.2. The number of benzene rings is 7. The SMILES string of the molecule is Cc1nc(C)nc(-c2c(-n3c4ccccc4c4ccc(-c5ccc(C#N)cc5C#N)cc43)cc(C#N)cc2-n2c3ccccc3c3ccc(-c4ccc(C#N)cc4C#N)cc32)n1. The van der Waals surface area contributed by atoms with Gasteiger partial charge in [-0.1, -0.05) is 72.8 Å². The summed E-state index contributed by atoms with van der Waals surface area (Å²) in [5.74, 6) is 1.46. The van der Waals surface area contributed by atoms with Gasteiger partial charge in [0.2, 0.25) is 0 Å². The molecule has 0 aliphatic heterocycles. The first-order chi connectivity index (χ1) is 30.3. The molecule has 0 saturated carbocycles. The van der Waals surface area contributed by atoms with Crippen LogP contribution in [0, 0.1) is 70.5 Å². The summed E-state index contributed by atoms with van der Waals surface area (Å²) in [5, 5.41) is 54.3. The van der Waals surface area contributed by atoms with Gasteiger partial charge < -0.3 is 9.13 Å². The Hall–Kier alpha value is -9.40. The molecular weight excluding hydrogens is 765 g/mol. The average Bonchev–Trinajstić information content (AvgIpc) is 3.82. The van der Waals surface area contributed by atoms with Crippen LogP contribution >= 0.6 is 0 Å². The lowest BCUT2D eigenvalue weighted by Crippen LogP contribution is -2.08. The Morgan fingerprint density at radius 1 is 0.403 bits per heavy atom. The zero-order valence-corrected chi connectivity index (χ0v) is 33.2. The van der Waals surface area contributed by atoms with Gasteiger partial charge in [0.1, 0.15) is 11.6 Å². The molecule has 7 aromatic carbocycles. The monoisotopic (exact) mass is 792 g/mol. The van der Waals surface area contributed by atoms with E-state index >= 15 is 0 Å². The molecule has 0 unspecified atom stereocenters. The van der Waals surface area contributed by atoms with E-state index in [4.69, 9.17) is 9.97 Å². The second-order valence-electron chi connectivity index (χ2n) is 14.9. The van der Waals surface area contributed by atoms with Crippen LogP contribution in [0.5, 0.6) is 0 Å². The number of hydrogen-bond donors (Lipinski definition) is 0. The van der Waals surface area contributed by atoms with Crippen LogP contribution in [0.4, 0.5) is 0 Å². The van der Waals surface area contributed by atoms with Crippen molar-refractivity contribution in [1.29, 1.82) is 26.3 Å². The van der Waals surface area contributed by atoms with Crippen LogP contribution in [-0.4, -0.2) is 24.1 Å². The molecule has 0 fully saturated rings. The van der Waals surface area contributed by atoms with Crippen molar-refractivity contribution >= 4 is 43.6 Å². The topological polar surface area (TPSA) is 167 Å². The van der Waals surface area contributed by atoms with Gasteiger partial charge in [0.15, 0.2) is 5.82 Å². The van der Waals surface area contributed by atoms with E-state index in [0.29, 0.717) is 73.4 Å². The molecule has 10 rings (SSSR count). The molecule has 0 N–H and O–H groups in total. The number of aromatic nitrogens is 5. The van der Waals surface area contributed by atoms with E-state index in [9.17, 15) is 26.3 Å². The van der Waals surface area contributed by atoms with Crippen LogP contribution < -0.4 is 0 Å². The van der Waals surface area contributed by atoms with Crippen molar-refractivity contribution in [3.05, 3.63) is 173 Å². The van der Waals surface area contributed by atoms with Gasteiger partial charge in [0, 0.05) is 21.5 Å². The molecule has 0 bridgehead atoms. The normalized spacial score (nSPS) is 11.0. The molecule has 3 aromatic heterocycles. The van der Waals surface area contributed by atoms with Crippen LogP contribution in [0.15, 0.2) is 133 Å². The fraction of sp³-hybridized carbons (Fsp3) is 0.0385. The van der Waals surface area contributed by atoms with E-state index in [1.165, 1.54) is 0 Å². The molecule has 0 radical (unpaired) electrons.